The number of methoxy groups -OCH3 is 1. The molecule has 5 rings (SSSR count). The lowest BCUT2D eigenvalue weighted by atomic mass is 9.88. The van der Waals surface area contributed by atoms with Gasteiger partial charge in [-0.1, -0.05) is 24.3 Å². The third-order valence-corrected chi connectivity index (χ3v) is 8.45. The van der Waals surface area contributed by atoms with E-state index in [1.54, 1.807) is 13.3 Å². The van der Waals surface area contributed by atoms with E-state index in [1.807, 2.05) is 42.5 Å². The molecule has 1 atom stereocenters. The summed E-state index contributed by atoms with van der Waals surface area (Å²) in [6, 6.07) is 14.1. The zero-order chi connectivity index (χ0) is 28.9. The molecular weight excluding hydrogens is 510 g/mol. The Hall–Kier alpha value is -4.10. The van der Waals surface area contributed by atoms with Gasteiger partial charge in [0.15, 0.2) is 0 Å². The fraction of sp³-hybridized carbons (Fsp3) is 0.353. The number of nitrogens with one attached hydrogen (secondary N) is 1. The largest absolute Gasteiger partial charge is 0.496 e. The molecule has 0 spiro atoms. The quantitative estimate of drug-likeness (QED) is 0.382. The average Bonchev–Trinajstić information content (AvgIpc) is 3.22. The Bertz CT molecular complexity index is 1460. The van der Waals surface area contributed by atoms with Crippen molar-refractivity contribution in [1.29, 1.82) is 0 Å². The number of carbonyl (C=O) groups excluding carboxylic acids is 1. The number of benzene rings is 2. The molecule has 1 aliphatic carbocycles. The van der Waals surface area contributed by atoms with Crippen LogP contribution in [0.2, 0.25) is 0 Å². The van der Waals surface area contributed by atoms with Gasteiger partial charge < -0.3 is 20.7 Å². The van der Waals surface area contributed by atoms with Crippen LogP contribution in [0.5, 0.6) is 5.75 Å². The minimum Gasteiger partial charge on any atom is -0.496 e. The lowest BCUT2D eigenvalue weighted by Gasteiger charge is -2.24. The van der Waals surface area contributed by atoms with Gasteiger partial charge in [0, 0.05) is 49.9 Å². The number of carbonyl (C=O) groups is 1. The summed E-state index contributed by atoms with van der Waals surface area (Å²) in [7, 11) is 1.73. The molecule has 2 aromatic carbocycles. The van der Waals surface area contributed by atoms with Crippen LogP contribution in [0.15, 0.2) is 72.6 Å². The van der Waals surface area contributed by atoms with E-state index in [-0.39, 0.29) is 11.8 Å². The average molecular weight is 552 g/mol. The minimum atomic E-state index is -0.134. The van der Waals surface area contributed by atoms with Gasteiger partial charge in [0.1, 0.15) is 11.6 Å². The first-order valence-electron chi connectivity index (χ1n) is 14.4. The summed E-state index contributed by atoms with van der Waals surface area (Å²) in [6.45, 7) is 11.2. The van der Waals surface area contributed by atoms with Crippen LogP contribution in [0.4, 0.5) is 11.5 Å². The molecule has 1 aliphatic heterocycles. The minimum absolute atomic E-state index is 0.134. The molecule has 1 fully saturated rings. The van der Waals surface area contributed by atoms with Crippen LogP contribution >= 0.6 is 0 Å². The second kappa shape index (κ2) is 12.6. The van der Waals surface area contributed by atoms with Crippen molar-refractivity contribution < 1.29 is 9.53 Å². The third kappa shape index (κ3) is 6.63. The summed E-state index contributed by atoms with van der Waals surface area (Å²) in [5.74, 6) is 1.98. The first kappa shape index (κ1) is 28.4. The van der Waals surface area contributed by atoms with E-state index < -0.39 is 0 Å². The van der Waals surface area contributed by atoms with E-state index in [9.17, 15) is 4.79 Å². The van der Waals surface area contributed by atoms with Crippen LogP contribution < -0.4 is 20.7 Å². The molecule has 7 nitrogen and oxygen atoms in total. The molecule has 1 aromatic heterocycles. The fourth-order valence-corrected chi connectivity index (χ4v) is 5.74. The normalized spacial score (nSPS) is 17.6. The highest BCUT2D eigenvalue weighted by Crippen LogP contribution is 2.30. The molecule has 41 heavy (non-hydrogen) atoms. The van der Waals surface area contributed by atoms with Crippen LogP contribution in [-0.4, -0.2) is 49.1 Å². The highest BCUT2D eigenvalue weighted by Gasteiger charge is 2.19. The molecule has 2 aliphatic rings. The third-order valence-electron chi connectivity index (χ3n) is 8.45. The number of pyridine rings is 1. The number of aromatic nitrogens is 1. The van der Waals surface area contributed by atoms with E-state index in [1.165, 1.54) is 22.3 Å². The Labute approximate surface area is 243 Å². The highest BCUT2D eigenvalue weighted by molar-refractivity contribution is 6.04. The van der Waals surface area contributed by atoms with Gasteiger partial charge in [-0.05, 0) is 97.8 Å². The van der Waals surface area contributed by atoms with Gasteiger partial charge >= 0.3 is 0 Å². The Morgan fingerprint density at radius 1 is 1.05 bits per heavy atom. The topological polar surface area (TPSA) is 83.7 Å². The monoisotopic (exact) mass is 551 g/mol. The van der Waals surface area contributed by atoms with Gasteiger partial charge in [0.05, 0.1) is 19.0 Å². The number of allylic oxidation sites excluding steroid dienone is 3. The van der Waals surface area contributed by atoms with E-state index in [2.05, 4.69) is 54.1 Å². The summed E-state index contributed by atoms with van der Waals surface area (Å²) in [6.07, 6.45) is 9.76. The number of amides is 1. The highest BCUT2D eigenvalue weighted by atomic mass is 16.5. The van der Waals surface area contributed by atoms with Gasteiger partial charge in [-0.25, -0.2) is 4.98 Å². The maximum atomic E-state index is 13.1. The second-order valence-electron chi connectivity index (χ2n) is 11.1. The van der Waals surface area contributed by atoms with Crippen molar-refractivity contribution in [1.82, 2.24) is 9.88 Å². The maximum Gasteiger partial charge on any atom is 0.255 e. The van der Waals surface area contributed by atoms with E-state index in [0.29, 0.717) is 11.3 Å². The molecule has 0 radical (unpaired) electrons. The Balaban J connectivity index is 1.19. The van der Waals surface area contributed by atoms with Crippen molar-refractivity contribution >= 4 is 17.4 Å². The van der Waals surface area contributed by atoms with Crippen molar-refractivity contribution in [3.63, 3.8) is 0 Å². The molecule has 1 amide bonds. The number of aryl methyl sites for hydroxylation is 1. The lowest BCUT2D eigenvalue weighted by molar-refractivity contribution is 0.102. The summed E-state index contributed by atoms with van der Waals surface area (Å²) in [5, 5.41) is 3.02. The molecule has 3 aromatic rings. The second-order valence-corrected chi connectivity index (χ2v) is 11.1. The molecule has 1 unspecified atom stereocenters. The molecule has 214 valence electrons. The number of hydrogen-bond donors (Lipinski definition) is 2. The molecule has 0 saturated carbocycles. The van der Waals surface area contributed by atoms with Gasteiger partial charge in [-0.3, -0.25) is 9.69 Å². The predicted octanol–water partition coefficient (Wildman–Crippen LogP) is 5.87. The zero-order valence-corrected chi connectivity index (χ0v) is 24.6. The number of nitrogens with two attached hydrogens (primary N) is 1. The van der Waals surface area contributed by atoms with E-state index >= 15 is 0 Å². The van der Waals surface area contributed by atoms with Crippen molar-refractivity contribution in [3.05, 3.63) is 106 Å². The molecule has 0 bridgehead atoms. The summed E-state index contributed by atoms with van der Waals surface area (Å²) in [5.41, 5.74) is 14.2. The van der Waals surface area contributed by atoms with Gasteiger partial charge in [-0.15, -0.1) is 0 Å². The van der Waals surface area contributed by atoms with E-state index in [0.717, 1.165) is 68.4 Å². The van der Waals surface area contributed by atoms with E-state index in [4.69, 9.17) is 15.5 Å². The first-order chi connectivity index (χ1) is 19.8. The SMILES string of the molecule is COc1ccc(CN2CCCN(c3ccc(NC(=O)c4ccc(C)c(C5C=CC(N)=CC5)c4)cn3)CC2)c(C)c1C. The van der Waals surface area contributed by atoms with Crippen molar-refractivity contribution in [3.8, 4) is 5.75 Å². The molecule has 7 heteroatoms. The summed E-state index contributed by atoms with van der Waals surface area (Å²) >= 11 is 0. The van der Waals surface area contributed by atoms with Crippen molar-refractivity contribution in [2.75, 3.05) is 43.5 Å². The number of anilines is 2. The molecule has 3 N–H and O–H groups in total. The van der Waals surface area contributed by atoms with Crippen LogP contribution in [0.1, 0.15) is 56.9 Å². The summed E-state index contributed by atoms with van der Waals surface area (Å²) < 4.78 is 5.48. The Morgan fingerprint density at radius 2 is 1.90 bits per heavy atom. The standard InChI is InChI=1S/C34H41N5O2/c1-23-6-7-27(20-31(23)26-8-11-29(35)12-9-26)34(40)37-30-13-15-33(36-21-30)39-17-5-16-38(18-19-39)22-28-10-14-32(41-4)25(3)24(28)2/h6-8,10-15,20-21,26H,5,9,16-19,22,35H2,1-4H3,(H,37,40). The van der Waals surface area contributed by atoms with Gasteiger partial charge in [0.2, 0.25) is 0 Å². The Morgan fingerprint density at radius 3 is 2.63 bits per heavy atom. The first-order valence-corrected chi connectivity index (χ1v) is 14.4. The fourth-order valence-electron chi connectivity index (χ4n) is 5.74. The molecule has 2 heterocycles. The zero-order valence-electron chi connectivity index (χ0n) is 24.6. The number of rotatable bonds is 7. The van der Waals surface area contributed by atoms with Crippen LogP contribution in [-0.2, 0) is 6.54 Å². The number of hydrogen-bond acceptors (Lipinski definition) is 6. The van der Waals surface area contributed by atoms with Crippen LogP contribution in [0.3, 0.4) is 0 Å². The maximum absolute atomic E-state index is 13.1. The number of nitrogens with zero attached hydrogens (tertiary/aromatic N) is 3. The Kier molecular flexibility index (Phi) is 8.74. The summed E-state index contributed by atoms with van der Waals surface area (Å²) in [4.78, 5) is 22.7. The van der Waals surface area contributed by atoms with Crippen molar-refractivity contribution in [2.24, 2.45) is 5.73 Å². The number of ether oxygens (including phenoxy) is 1. The smallest absolute Gasteiger partial charge is 0.255 e. The molecule has 1 saturated heterocycles. The van der Waals surface area contributed by atoms with Gasteiger partial charge in [-0.2, -0.15) is 0 Å². The van der Waals surface area contributed by atoms with Crippen LogP contribution in [0, 0.1) is 20.8 Å². The van der Waals surface area contributed by atoms with Gasteiger partial charge in [0.25, 0.3) is 5.91 Å². The van der Waals surface area contributed by atoms with Crippen LogP contribution in [0.25, 0.3) is 0 Å². The lowest BCUT2D eigenvalue weighted by Crippen LogP contribution is -2.31. The predicted molar refractivity (Wildman–Crippen MR) is 167 cm³/mol. The molecular formula is C34H41N5O2. The van der Waals surface area contributed by atoms with Crippen molar-refractivity contribution in [2.45, 2.75) is 46.1 Å².